The van der Waals surface area contributed by atoms with Crippen molar-refractivity contribution in [2.75, 3.05) is 23.1 Å². The molecule has 2 aromatic rings. The van der Waals surface area contributed by atoms with Crippen molar-refractivity contribution in [2.24, 2.45) is 0 Å². The van der Waals surface area contributed by atoms with Crippen molar-refractivity contribution in [2.45, 2.75) is 18.6 Å². The third-order valence-electron chi connectivity index (χ3n) is 4.52. The van der Waals surface area contributed by atoms with Crippen LogP contribution in [-0.4, -0.2) is 41.8 Å². The Bertz CT molecular complexity index is 1010. The average molecular weight is 447 g/mol. The Labute approximate surface area is 182 Å². The molecule has 1 N–H and O–H groups in total. The lowest BCUT2D eigenvalue weighted by Gasteiger charge is -2.15. The molecule has 1 aliphatic rings. The van der Waals surface area contributed by atoms with Crippen LogP contribution in [0.25, 0.3) is 0 Å². The number of benzene rings is 2. The molecule has 0 radical (unpaired) electrons. The molecule has 2 aromatic carbocycles. The lowest BCUT2D eigenvalue weighted by molar-refractivity contribution is -0.121. The van der Waals surface area contributed by atoms with Crippen LogP contribution in [0.4, 0.5) is 11.4 Å². The number of imide groups is 1. The van der Waals surface area contributed by atoms with E-state index in [9.17, 15) is 19.2 Å². The number of aryl methyl sites for hydroxylation is 1. The van der Waals surface area contributed by atoms with Gasteiger partial charge in [0.2, 0.25) is 17.7 Å². The molecule has 1 aliphatic heterocycles. The topological polar surface area (TPSA) is 92.8 Å². The van der Waals surface area contributed by atoms with Gasteiger partial charge in [-0.1, -0.05) is 17.7 Å². The van der Waals surface area contributed by atoms with Crippen molar-refractivity contribution in [3.8, 4) is 0 Å². The predicted molar refractivity (Wildman–Crippen MR) is 116 cm³/mol. The highest BCUT2D eigenvalue weighted by Crippen LogP contribution is 2.30. The van der Waals surface area contributed by atoms with Crippen molar-refractivity contribution in [3.05, 3.63) is 58.6 Å². The number of hydrogen-bond acceptors (Lipinski definition) is 6. The van der Waals surface area contributed by atoms with Gasteiger partial charge < -0.3 is 10.1 Å². The SMILES string of the molecule is COC(=O)c1ccc(N2C(=O)C[C@H](SCC(=O)Nc3ccc(C)c(Cl)c3)C2=O)cc1. The van der Waals surface area contributed by atoms with Gasteiger partial charge in [-0.3, -0.25) is 14.4 Å². The fourth-order valence-corrected chi connectivity index (χ4v) is 4.03. The van der Waals surface area contributed by atoms with Gasteiger partial charge in [0.1, 0.15) is 0 Å². The van der Waals surface area contributed by atoms with Crippen molar-refractivity contribution in [1.29, 1.82) is 0 Å². The summed E-state index contributed by atoms with van der Waals surface area (Å²) in [5.74, 6) is -1.52. The van der Waals surface area contributed by atoms with Gasteiger partial charge in [0.05, 0.1) is 29.4 Å². The third kappa shape index (κ3) is 4.83. The van der Waals surface area contributed by atoms with E-state index in [1.54, 1.807) is 18.2 Å². The summed E-state index contributed by atoms with van der Waals surface area (Å²) < 4.78 is 4.64. The molecular weight excluding hydrogens is 428 g/mol. The Kier molecular flexibility index (Phi) is 6.79. The largest absolute Gasteiger partial charge is 0.465 e. The Hall–Kier alpha value is -2.84. The number of rotatable bonds is 6. The van der Waals surface area contributed by atoms with E-state index in [1.165, 1.54) is 31.4 Å². The first-order valence-corrected chi connectivity index (χ1v) is 10.5. The fourth-order valence-electron chi connectivity index (χ4n) is 2.91. The second-order valence-corrected chi connectivity index (χ2v) is 8.22. The zero-order valence-electron chi connectivity index (χ0n) is 16.3. The lowest BCUT2D eigenvalue weighted by Crippen LogP contribution is -2.31. The molecule has 0 bridgehead atoms. The number of carbonyl (C=O) groups is 4. The number of nitrogens with one attached hydrogen (secondary N) is 1. The molecular formula is C21H19ClN2O5S. The molecule has 156 valence electrons. The van der Waals surface area contributed by atoms with Crippen molar-refractivity contribution in [1.82, 2.24) is 0 Å². The van der Waals surface area contributed by atoms with E-state index in [4.69, 9.17) is 11.6 Å². The molecule has 1 atom stereocenters. The second kappa shape index (κ2) is 9.32. The average Bonchev–Trinajstić information content (AvgIpc) is 3.02. The van der Waals surface area contributed by atoms with Gasteiger partial charge in [-0.15, -0.1) is 11.8 Å². The summed E-state index contributed by atoms with van der Waals surface area (Å²) in [7, 11) is 1.27. The summed E-state index contributed by atoms with van der Waals surface area (Å²) in [6.45, 7) is 1.86. The van der Waals surface area contributed by atoms with Crippen LogP contribution in [0.5, 0.6) is 0 Å². The van der Waals surface area contributed by atoms with Crippen LogP contribution in [0, 0.1) is 6.92 Å². The molecule has 1 heterocycles. The minimum absolute atomic E-state index is 0.00585. The van der Waals surface area contributed by atoms with Gasteiger partial charge in [-0.05, 0) is 48.9 Å². The predicted octanol–water partition coefficient (Wildman–Crippen LogP) is 3.44. The normalized spacial score (nSPS) is 16.0. The van der Waals surface area contributed by atoms with Crippen molar-refractivity contribution in [3.63, 3.8) is 0 Å². The summed E-state index contributed by atoms with van der Waals surface area (Å²) in [5.41, 5.74) is 2.16. The summed E-state index contributed by atoms with van der Waals surface area (Å²) >= 11 is 7.16. The number of nitrogens with zero attached hydrogens (tertiary/aromatic N) is 1. The summed E-state index contributed by atoms with van der Waals surface area (Å²) in [5, 5.41) is 2.63. The van der Waals surface area contributed by atoms with E-state index in [2.05, 4.69) is 10.1 Å². The summed E-state index contributed by atoms with van der Waals surface area (Å²) in [4.78, 5) is 49.9. The molecule has 0 aliphatic carbocycles. The smallest absolute Gasteiger partial charge is 0.337 e. The Morgan fingerprint density at radius 1 is 1.20 bits per heavy atom. The van der Waals surface area contributed by atoms with Crippen molar-refractivity contribution >= 4 is 58.4 Å². The Morgan fingerprint density at radius 3 is 2.53 bits per heavy atom. The van der Waals surface area contributed by atoms with Crippen molar-refractivity contribution < 1.29 is 23.9 Å². The van der Waals surface area contributed by atoms with Gasteiger partial charge >= 0.3 is 5.97 Å². The molecule has 30 heavy (non-hydrogen) atoms. The van der Waals surface area contributed by atoms with E-state index in [0.717, 1.165) is 22.2 Å². The number of methoxy groups -OCH3 is 1. The molecule has 3 amide bonds. The Morgan fingerprint density at radius 2 is 1.90 bits per heavy atom. The zero-order chi connectivity index (χ0) is 21.8. The van der Waals surface area contributed by atoms with Gasteiger partial charge in [-0.25, -0.2) is 9.69 Å². The number of amides is 3. The highest BCUT2D eigenvalue weighted by Gasteiger charge is 2.40. The molecule has 1 fully saturated rings. The van der Waals surface area contributed by atoms with E-state index in [1.807, 2.05) is 6.92 Å². The number of thioether (sulfide) groups is 1. The number of esters is 1. The maximum Gasteiger partial charge on any atom is 0.337 e. The molecule has 9 heteroatoms. The number of halogens is 1. The second-order valence-electron chi connectivity index (χ2n) is 6.62. The minimum atomic E-state index is -0.648. The van der Waals surface area contributed by atoms with Crippen LogP contribution in [-0.2, 0) is 19.1 Å². The van der Waals surface area contributed by atoms with Gasteiger partial charge in [0.15, 0.2) is 0 Å². The van der Waals surface area contributed by atoms with Gasteiger partial charge in [-0.2, -0.15) is 0 Å². The number of anilines is 2. The maximum absolute atomic E-state index is 12.7. The first-order chi connectivity index (χ1) is 14.3. The van der Waals surface area contributed by atoms with E-state index >= 15 is 0 Å². The number of hydrogen-bond donors (Lipinski definition) is 1. The first-order valence-electron chi connectivity index (χ1n) is 9.03. The highest BCUT2D eigenvalue weighted by molar-refractivity contribution is 8.01. The summed E-state index contributed by atoms with van der Waals surface area (Å²) in [6, 6.07) is 11.2. The van der Waals surface area contributed by atoms with Crippen LogP contribution in [0.1, 0.15) is 22.3 Å². The van der Waals surface area contributed by atoms with Crippen LogP contribution < -0.4 is 10.2 Å². The number of carbonyl (C=O) groups excluding carboxylic acids is 4. The number of ether oxygens (including phenoxy) is 1. The van der Waals surface area contributed by atoms with Crippen LogP contribution in [0.2, 0.25) is 5.02 Å². The molecule has 0 unspecified atom stereocenters. The van der Waals surface area contributed by atoms with Gasteiger partial charge in [0, 0.05) is 17.1 Å². The van der Waals surface area contributed by atoms with Crippen LogP contribution >= 0.6 is 23.4 Å². The molecule has 1 saturated heterocycles. The zero-order valence-corrected chi connectivity index (χ0v) is 17.9. The van der Waals surface area contributed by atoms with Crippen LogP contribution in [0.15, 0.2) is 42.5 Å². The van der Waals surface area contributed by atoms with Gasteiger partial charge in [0.25, 0.3) is 0 Å². The van der Waals surface area contributed by atoms with E-state index in [-0.39, 0.29) is 29.9 Å². The molecule has 0 aromatic heterocycles. The lowest BCUT2D eigenvalue weighted by atomic mass is 10.2. The standard InChI is InChI=1S/C21H19ClN2O5S/c1-12-3-6-14(9-16(12)22)23-18(25)11-30-17-10-19(26)24(20(17)27)15-7-4-13(5-8-15)21(28)29-2/h3-9,17H,10-11H2,1-2H3,(H,23,25)/t17-/m0/s1. The minimum Gasteiger partial charge on any atom is -0.465 e. The maximum atomic E-state index is 12.7. The van der Waals surface area contributed by atoms with E-state index < -0.39 is 11.2 Å². The highest BCUT2D eigenvalue weighted by atomic mass is 35.5. The third-order valence-corrected chi connectivity index (χ3v) is 6.13. The molecule has 7 nitrogen and oxygen atoms in total. The molecule has 0 spiro atoms. The quantitative estimate of drug-likeness (QED) is 0.539. The Balaban J connectivity index is 1.59. The summed E-state index contributed by atoms with van der Waals surface area (Å²) in [6.07, 6.45) is 0.00585. The monoisotopic (exact) mass is 446 g/mol. The van der Waals surface area contributed by atoms with Crippen LogP contribution in [0.3, 0.4) is 0 Å². The molecule has 3 rings (SSSR count). The van der Waals surface area contributed by atoms with E-state index in [0.29, 0.717) is 22.0 Å². The molecule has 0 saturated carbocycles. The first kappa shape index (κ1) is 21.9. The fraction of sp³-hybridized carbons (Fsp3) is 0.238.